The van der Waals surface area contributed by atoms with Gasteiger partial charge in [0.1, 0.15) is 0 Å². The molecule has 4 N–H and O–H groups in total. The Morgan fingerprint density at radius 1 is 1.25 bits per heavy atom. The summed E-state index contributed by atoms with van der Waals surface area (Å²) in [5, 5.41) is 6.88. The fraction of sp³-hybridized carbons (Fsp3) is 0.636. The van der Waals surface area contributed by atoms with Crippen LogP contribution in [0.2, 0.25) is 0 Å². The van der Waals surface area contributed by atoms with Crippen LogP contribution in [-0.4, -0.2) is 49.1 Å². The number of hydrogen-bond acceptors (Lipinski definition) is 2. The molecule has 1 aliphatic heterocycles. The van der Waals surface area contributed by atoms with Crippen LogP contribution in [0.15, 0.2) is 35.3 Å². The van der Waals surface area contributed by atoms with Gasteiger partial charge in [0.2, 0.25) is 0 Å². The Morgan fingerprint density at radius 3 is 2.54 bits per heavy atom. The first-order valence-electron chi connectivity index (χ1n) is 10.5. The smallest absolute Gasteiger partial charge is 0.314 e. The number of hydrogen-bond donors (Lipinski definition) is 3. The second-order valence-electron chi connectivity index (χ2n) is 8.44. The monoisotopic (exact) mass is 387 g/mol. The molecule has 1 aliphatic rings. The highest BCUT2D eigenvalue weighted by Gasteiger charge is 2.22. The maximum Gasteiger partial charge on any atom is 0.314 e. The lowest BCUT2D eigenvalue weighted by atomic mass is 9.86. The van der Waals surface area contributed by atoms with Crippen LogP contribution >= 0.6 is 0 Å². The summed E-state index contributed by atoms with van der Waals surface area (Å²) >= 11 is 0. The highest BCUT2D eigenvalue weighted by molar-refractivity contribution is 5.80. The zero-order chi connectivity index (χ0) is 20.4. The van der Waals surface area contributed by atoms with Crippen molar-refractivity contribution >= 4 is 12.0 Å². The summed E-state index contributed by atoms with van der Waals surface area (Å²) in [6.45, 7) is 9.69. The fourth-order valence-electron chi connectivity index (χ4n) is 3.55. The van der Waals surface area contributed by atoms with Crippen molar-refractivity contribution in [2.45, 2.75) is 58.9 Å². The van der Waals surface area contributed by atoms with Crippen LogP contribution in [0.1, 0.15) is 52.0 Å². The highest BCUT2D eigenvalue weighted by Crippen LogP contribution is 2.24. The van der Waals surface area contributed by atoms with Gasteiger partial charge in [-0.3, -0.25) is 4.99 Å². The van der Waals surface area contributed by atoms with E-state index in [1.165, 1.54) is 12.0 Å². The third-order valence-corrected chi connectivity index (χ3v) is 5.32. The summed E-state index contributed by atoms with van der Waals surface area (Å²) in [5.41, 5.74) is 6.93. The normalized spacial score (nSPS) is 16.1. The molecule has 0 unspecified atom stereocenters. The molecule has 1 aromatic rings. The van der Waals surface area contributed by atoms with Gasteiger partial charge in [0.25, 0.3) is 0 Å². The summed E-state index contributed by atoms with van der Waals surface area (Å²) < 4.78 is 0. The number of amides is 2. The predicted molar refractivity (Wildman–Crippen MR) is 116 cm³/mol. The Bertz CT molecular complexity index is 621. The Labute approximate surface area is 170 Å². The summed E-state index contributed by atoms with van der Waals surface area (Å²) in [6.07, 6.45) is 5.22. The zero-order valence-electron chi connectivity index (χ0n) is 17.7. The van der Waals surface area contributed by atoms with Gasteiger partial charge in [-0.15, -0.1) is 0 Å². The molecule has 0 spiro atoms. The predicted octanol–water partition coefficient (Wildman–Crippen LogP) is 3.13. The van der Waals surface area contributed by atoms with Gasteiger partial charge in [0.15, 0.2) is 5.96 Å². The summed E-state index contributed by atoms with van der Waals surface area (Å²) in [4.78, 5) is 17.8. The molecule has 1 fully saturated rings. The number of aliphatic imine (C=N–C) groups is 1. The van der Waals surface area contributed by atoms with Crippen LogP contribution in [-0.2, 0) is 6.42 Å². The molecule has 6 nitrogen and oxygen atoms in total. The number of nitrogens with one attached hydrogen (secondary N) is 2. The molecule has 1 saturated heterocycles. The summed E-state index contributed by atoms with van der Waals surface area (Å²) in [7, 11) is 0. The Morgan fingerprint density at radius 2 is 1.93 bits per heavy atom. The maximum absolute atomic E-state index is 11.3. The van der Waals surface area contributed by atoms with Crippen molar-refractivity contribution in [3.8, 4) is 0 Å². The Hall–Kier alpha value is -2.24. The van der Waals surface area contributed by atoms with Gasteiger partial charge in [0, 0.05) is 32.2 Å². The van der Waals surface area contributed by atoms with Crippen LogP contribution in [0, 0.1) is 5.41 Å². The molecule has 0 radical (unpaired) electrons. The number of nitrogens with zero attached hydrogens (tertiary/aromatic N) is 2. The number of likely N-dealkylation sites (tertiary alicyclic amines) is 1. The molecule has 0 aromatic heterocycles. The zero-order valence-corrected chi connectivity index (χ0v) is 17.7. The van der Waals surface area contributed by atoms with Gasteiger partial charge in [-0.1, -0.05) is 44.2 Å². The van der Waals surface area contributed by atoms with E-state index < -0.39 is 0 Å². The molecule has 1 aromatic carbocycles. The lowest BCUT2D eigenvalue weighted by molar-refractivity contribution is 0.188. The van der Waals surface area contributed by atoms with E-state index in [1.807, 2.05) is 0 Å². The molecule has 2 rings (SSSR count). The molecule has 0 atom stereocenters. The minimum Gasteiger partial charge on any atom is -0.357 e. The van der Waals surface area contributed by atoms with Crippen LogP contribution in [0.25, 0.3) is 0 Å². The number of aryl methyl sites for hydroxylation is 1. The van der Waals surface area contributed by atoms with E-state index in [9.17, 15) is 4.79 Å². The van der Waals surface area contributed by atoms with Crippen LogP contribution in [0.4, 0.5) is 4.79 Å². The van der Waals surface area contributed by atoms with Crippen molar-refractivity contribution in [2.75, 3.05) is 26.2 Å². The SMILES string of the molecule is CCNC(=NCC(C)(C)CCCc1ccccc1)NC1CCN(C(N)=O)CC1. The topological polar surface area (TPSA) is 82.8 Å². The molecule has 0 bridgehead atoms. The van der Waals surface area contributed by atoms with Gasteiger partial charge in [-0.05, 0) is 50.0 Å². The van der Waals surface area contributed by atoms with Crippen molar-refractivity contribution < 1.29 is 4.79 Å². The molecule has 2 amide bonds. The van der Waals surface area contributed by atoms with Gasteiger partial charge < -0.3 is 21.3 Å². The molecule has 1 heterocycles. The lowest BCUT2D eigenvalue weighted by Crippen LogP contribution is -2.50. The Balaban J connectivity index is 1.80. The molecule has 0 aliphatic carbocycles. The number of carbonyl (C=O) groups excluding carboxylic acids is 1. The van der Waals surface area contributed by atoms with E-state index in [4.69, 9.17) is 10.7 Å². The third-order valence-electron chi connectivity index (χ3n) is 5.32. The molecule has 28 heavy (non-hydrogen) atoms. The lowest BCUT2D eigenvalue weighted by Gasteiger charge is -2.32. The van der Waals surface area contributed by atoms with Gasteiger partial charge in [0.05, 0.1) is 0 Å². The van der Waals surface area contributed by atoms with Gasteiger partial charge in [-0.25, -0.2) is 4.79 Å². The van der Waals surface area contributed by atoms with Crippen molar-refractivity contribution in [3.63, 3.8) is 0 Å². The van der Waals surface area contributed by atoms with Crippen molar-refractivity contribution in [2.24, 2.45) is 16.1 Å². The number of carbonyl (C=O) groups is 1. The summed E-state index contributed by atoms with van der Waals surface area (Å²) in [5.74, 6) is 0.871. The highest BCUT2D eigenvalue weighted by atomic mass is 16.2. The largest absolute Gasteiger partial charge is 0.357 e. The minimum absolute atomic E-state index is 0.159. The standard InChI is InChI=1S/C22H37N5O/c1-4-24-21(26-19-12-15-27(16-13-19)20(23)28)25-17-22(2,3)14-8-11-18-9-6-5-7-10-18/h5-7,9-10,19H,4,8,11-17H2,1-3H3,(H2,23,28)(H2,24,25,26). The molecular weight excluding hydrogens is 350 g/mol. The number of primary amides is 1. The number of nitrogens with two attached hydrogens (primary N) is 1. The van der Waals surface area contributed by atoms with Crippen LogP contribution in [0.3, 0.4) is 0 Å². The number of guanidine groups is 1. The molecule has 6 heteroatoms. The van der Waals surface area contributed by atoms with Gasteiger partial charge in [-0.2, -0.15) is 0 Å². The van der Waals surface area contributed by atoms with E-state index in [2.05, 4.69) is 61.7 Å². The van der Waals surface area contributed by atoms with E-state index in [-0.39, 0.29) is 11.4 Å². The minimum atomic E-state index is -0.323. The van der Waals surface area contributed by atoms with E-state index in [0.29, 0.717) is 19.1 Å². The Kier molecular flexibility index (Phi) is 8.61. The second-order valence-corrected chi connectivity index (χ2v) is 8.44. The average Bonchev–Trinajstić information content (AvgIpc) is 2.67. The maximum atomic E-state index is 11.3. The van der Waals surface area contributed by atoms with Crippen molar-refractivity contribution in [1.29, 1.82) is 0 Å². The first-order valence-corrected chi connectivity index (χ1v) is 10.5. The molecule has 0 saturated carbocycles. The molecular formula is C22H37N5O. The van der Waals surface area contributed by atoms with E-state index in [0.717, 1.165) is 44.7 Å². The number of benzene rings is 1. The van der Waals surface area contributed by atoms with E-state index in [1.54, 1.807) is 4.90 Å². The van der Waals surface area contributed by atoms with Gasteiger partial charge >= 0.3 is 6.03 Å². The average molecular weight is 388 g/mol. The molecule has 156 valence electrons. The third kappa shape index (κ3) is 7.79. The van der Waals surface area contributed by atoms with Crippen LogP contribution in [0.5, 0.6) is 0 Å². The number of urea groups is 1. The first-order chi connectivity index (χ1) is 13.4. The van der Waals surface area contributed by atoms with Crippen molar-refractivity contribution in [1.82, 2.24) is 15.5 Å². The fourth-order valence-corrected chi connectivity index (χ4v) is 3.55. The number of piperidine rings is 1. The van der Waals surface area contributed by atoms with Crippen molar-refractivity contribution in [3.05, 3.63) is 35.9 Å². The quantitative estimate of drug-likeness (QED) is 0.473. The summed E-state index contributed by atoms with van der Waals surface area (Å²) in [6, 6.07) is 10.7. The van der Waals surface area contributed by atoms with Crippen LogP contribution < -0.4 is 16.4 Å². The first kappa shape index (κ1) is 22.1. The number of rotatable bonds is 8. The second kappa shape index (κ2) is 10.9. The van der Waals surface area contributed by atoms with E-state index >= 15 is 0 Å².